The summed E-state index contributed by atoms with van der Waals surface area (Å²) in [6.45, 7) is 6.23. The van der Waals surface area contributed by atoms with Crippen molar-refractivity contribution in [1.82, 2.24) is 5.32 Å². The molecule has 0 aliphatic heterocycles. The van der Waals surface area contributed by atoms with Crippen LogP contribution in [0.2, 0.25) is 0 Å². The summed E-state index contributed by atoms with van der Waals surface area (Å²) in [4.78, 5) is 1.99. The van der Waals surface area contributed by atoms with E-state index < -0.39 is 0 Å². The molecule has 0 aliphatic carbocycles. The van der Waals surface area contributed by atoms with Crippen LogP contribution < -0.4 is 10.2 Å². The third-order valence-corrected chi connectivity index (χ3v) is 3.54. The maximum absolute atomic E-state index is 14.0. The molecule has 0 fully saturated rings. The summed E-state index contributed by atoms with van der Waals surface area (Å²) >= 11 is 0. The third-order valence-electron chi connectivity index (χ3n) is 3.54. The average Bonchev–Trinajstić information content (AvgIpc) is 2.35. The van der Waals surface area contributed by atoms with Crippen molar-refractivity contribution < 1.29 is 4.39 Å². The fourth-order valence-corrected chi connectivity index (χ4v) is 1.76. The summed E-state index contributed by atoms with van der Waals surface area (Å²) < 4.78 is 14.0. The van der Waals surface area contributed by atoms with E-state index in [4.69, 9.17) is 0 Å². The molecule has 0 saturated carbocycles. The van der Waals surface area contributed by atoms with Crippen molar-refractivity contribution in [2.24, 2.45) is 0 Å². The van der Waals surface area contributed by atoms with Gasteiger partial charge in [0.1, 0.15) is 5.82 Å². The van der Waals surface area contributed by atoms with Crippen LogP contribution in [0.4, 0.5) is 10.1 Å². The molecule has 0 radical (unpaired) electrons. The molecule has 0 amide bonds. The first kappa shape index (κ1) is 14.0. The van der Waals surface area contributed by atoms with Gasteiger partial charge in [-0.05, 0) is 45.0 Å². The molecule has 17 heavy (non-hydrogen) atoms. The molecule has 0 saturated heterocycles. The van der Waals surface area contributed by atoms with Crippen LogP contribution in [-0.4, -0.2) is 20.1 Å². The minimum atomic E-state index is -0.146. The standard InChI is InChI=1S/C14H23FN2/c1-6-10(2)17(5)14-8-7-12(9-13(14)15)11(3)16-4/h7-11,16H,6H2,1-5H3. The van der Waals surface area contributed by atoms with Crippen molar-refractivity contribution >= 4 is 5.69 Å². The van der Waals surface area contributed by atoms with Gasteiger partial charge in [-0.2, -0.15) is 0 Å². The maximum atomic E-state index is 14.0. The van der Waals surface area contributed by atoms with Crippen molar-refractivity contribution in [1.29, 1.82) is 0 Å². The molecular formula is C14H23FN2. The largest absolute Gasteiger partial charge is 0.370 e. The molecular weight excluding hydrogens is 215 g/mol. The molecule has 2 atom stereocenters. The van der Waals surface area contributed by atoms with Crippen molar-refractivity contribution in [3.63, 3.8) is 0 Å². The van der Waals surface area contributed by atoms with Gasteiger partial charge in [0, 0.05) is 19.1 Å². The van der Waals surface area contributed by atoms with Crippen LogP contribution in [0.5, 0.6) is 0 Å². The zero-order valence-electron chi connectivity index (χ0n) is 11.4. The second-order valence-electron chi connectivity index (χ2n) is 4.59. The minimum absolute atomic E-state index is 0.146. The first-order valence-corrected chi connectivity index (χ1v) is 6.20. The predicted molar refractivity (Wildman–Crippen MR) is 72.0 cm³/mol. The Morgan fingerprint density at radius 2 is 2.00 bits per heavy atom. The topological polar surface area (TPSA) is 15.3 Å². The Hall–Kier alpha value is -1.09. The highest BCUT2D eigenvalue weighted by Gasteiger charge is 2.14. The number of anilines is 1. The summed E-state index contributed by atoms with van der Waals surface area (Å²) in [5, 5.41) is 3.11. The van der Waals surface area contributed by atoms with Crippen LogP contribution in [0, 0.1) is 5.82 Å². The summed E-state index contributed by atoms with van der Waals surface area (Å²) in [7, 11) is 3.81. The summed E-state index contributed by atoms with van der Waals surface area (Å²) in [5.41, 5.74) is 1.65. The van der Waals surface area contributed by atoms with Crippen molar-refractivity contribution in [3.05, 3.63) is 29.6 Å². The number of benzene rings is 1. The van der Waals surface area contributed by atoms with E-state index in [1.165, 1.54) is 0 Å². The maximum Gasteiger partial charge on any atom is 0.146 e. The van der Waals surface area contributed by atoms with Crippen LogP contribution in [0.3, 0.4) is 0 Å². The molecule has 1 aromatic rings. The first-order valence-electron chi connectivity index (χ1n) is 6.20. The lowest BCUT2D eigenvalue weighted by Gasteiger charge is -2.27. The lowest BCUT2D eigenvalue weighted by atomic mass is 10.1. The van der Waals surface area contributed by atoms with Gasteiger partial charge >= 0.3 is 0 Å². The highest BCUT2D eigenvalue weighted by atomic mass is 19.1. The summed E-state index contributed by atoms with van der Waals surface area (Å²) in [5.74, 6) is -0.146. The smallest absolute Gasteiger partial charge is 0.146 e. The molecule has 1 aromatic carbocycles. The molecule has 2 nitrogen and oxygen atoms in total. The second-order valence-corrected chi connectivity index (χ2v) is 4.59. The normalized spacial score (nSPS) is 14.5. The van der Waals surface area contributed by atoms with Gasteiger partial charge in [-0.15, -0.1) is 0 Å². The quantitative estimate of drug-likeness (QED) is 0.846. The Bertz CT molecular complexity index is 365. The van der Waals surface area contributed by atoms with Crippen molar-refractivity contribution in [2.45, 2.75) is 39.3 Å². The van der Waals surface area contributed by atoms with Gasteiger partial charge in [-0.3, -0.25) is 0 Å². The van der Waals surface area contributed by atoms with Crippen molar-refractivity contribution in [3.8, 4) is 0 Å². The van der Waals surface area contributed by atoms with Crippen LogP contribution in [0.1, 0.15) is 38.8 Å². The van der Waals surface area contributed by atoms with E-state index in [0.717, 1.165) is 12.0 Å². The Labute approximate surface area is 104 Å². The Balaban J connectivity index is 2.97. The Morgan fingerprint density at radius 3 is 2.47 bits per heavy atom. The van der Waals surface area contributed by atoms with Gasteiger partial charge in [0.25, 0.3) is 0 Å². The predicted octanol–water partition coefficient (Wildman–Crippen LogP) is 3.34. The Kier molecular flexibility index (Phi) is 4.94. The number of nitrogens with one attached hydrogen (secondary N) is 1. The average molecular weight is 238 g/mol. The van der Waals surface area contributed by atoms with Gasteiger partial charge in [0.15, 0.2) is 0 Å². The SMILES string of the molecule is CCC(C)N(C)c1ccc(C(C)NC)cc1F. The number of hydrogen-bond donors (Lipinski definition) is 1. The number of rotatable bonds is 5. The van der Waals surface area contributed by atoms with Gasteiger partial charge in [0.2, 0.25) is 0 Å². The monoisotopic (exact) mass is 238 g/mol. The fraction of sp³-hybridized carbons (Fsp3) is 0.571. The van der Waals surface area contributed by atoms with Gasteiger partial charge in [-0.1, -0.05) is 13.0 Å². The van der Waals surface area contributed by atoms with Crippen LogP contribution in [0.15, 0.2) is 18.2 Å². The molecule has 0 aromatic heterocycles. The first-order chi connectivity index (χ1) is 8.01. The second kappa shape index (κ2) is 6.01. The Morgan fingerprint density at radius 1 is 1.35 bits per heavy atom. The van der Waals surface area contributed by atoms with E-state index in [2.05, 4.69) is 19.2 Å². The highest BCUT2D eigenvalue weighted by molar-refractivity contribution is 5.49. The van der Waals surface area contributed by atoms with Crippen LogP contribution >= 0.6 is 0 Å². The molecule has 0 aliphatic rings. The van der Waals surface area contributed by atoms with Crippen molar-refractivity contribution in [2.75, 3.05) is 19.0 Å². The van der Waals surface area contributed by atoms with E-state index in [-0.39, 0.29) is 11.9 Å². The van der Waals surface area contributed by atoms with E-state index in [0.29, 0.717) is 11.7 Å². The number of nitrogens with zero attached hydrogens (tertiary/aromatic N) is 1. The molecule has 0 heterocycles. The van der Waals surface area contributed by atoms with Crippen LogP contribution in [0.25, 0.3) is 0 Å². The molecule has 0 bridgehead atoms. The fourth-order valence-electron chi connectivity index (χ4n) is 1.76. The van der Waals surface area contributed by atoms with Gasteiger partial charge in [-0.25, -0.2) is 4.39 Å². The summed E-state index contributed by atoms with van der Waals surface area (Å²) in [6.07, 6.45) is 1.00. The molecule has 96 valence electrons. The van der Waals surface area contributed by atoms with Crippen LogP contribution in [-0.2, 0) is 0 Å². The van der Waals surface area contributed by atoms with E-state index in [1.54, 1.807) is 6.07 Å². The van der Waals surface area contributed by atoms with E-state index in [1.807, 2.05) is 38.1 Å². The molecule has 1 N–H and O–H groups in total. The lowest BCUT2D eigenvalue weighted by molar-refractivity contribution is 0.589. The minimum Gasteiger partial charge on any atom is -0.370 e. The highest BCUT2D eigenvalue weighted by Crippen LogP contribution is 2.24. The molecule has 2 unspecified atom stereocenters. The molecule has 3 heteroatoms. The zero-order chi connectivity index (χ0) is 13.0. The van der Waals surface area contributed by atoms with E-state index >= 15 is 0 Å². The van der Waals surface area contributed by atoms with E-state index in [9.17, 15) is 4.39 Å². The number of halogens is 1. The molecule has 0 spiro atoms. The van der Waals surface area contributed by atoms with Gasteiger partial charge in [0.05, 0.1) is 5.69 Å². The zero-order valence-corrected chi connectivity index (χ0v) is 11.4. The van der Waals surface area contributed by atoms with Gasteiger partial charge < -0.3 is 10.2 Å². The lowest BCUT2D eigenvalue weighted by Crippen LogP contribution is -2.28. The number of hydrogen-bond acceptors (Lipinski definition) is 2. The molecule has 1 rings (SSSR count). The third kappa shape index (κ3) is 3.19. The summed E-state index contributed by atoms with van der Waals surface area (Å²) in [6, 6.07) is 5.99.